The molecule has 1 aliphatic heterocycles. The second-order valence-electron chi connectivity index (χ2n) is 7.07. The van der Waals surface area contributed by atoms with Gasteiger partial charge in [0.1, 0.15) is 11.9 Å². The molecule has 4 nitrogen and oxygen atoms in total. The number of carboxylic acids is 1. The molecular weight excluding hydrogens is 406 g/mol. The third-order valence-corrected chi connectivity index (χ3v) is 5.99. The zero-order valence-electron chi connectivity index (χ0n) is 15.0. The van der Waals surface area contributed by atoms with Gasteiger partial charge in [0.2, 0.25) is 0 Å². The van der Waals surface area contributed by atoms with E-state index >= 15 is 0 Å². The van der Waals surface area contributed by atoms with Crippen molar-refractivity contribution < 1.29 is 14.6 Å². The Labute approximate surface area is 167 Å². The molecule has 0 bridgehead atoms. The molecular formula is C22H22BrNO3. The van der Waals surface area contributed by atoms with Gasteiger partial charge in [-0.25, -0.2) is 4.79 Å². The first-order valence-electron chi connectivity index (χ1n) is 9.35. The summed E-state index contributed by atoms with van der Waals surface area (Å²) >= 11 is 3.77. The Morgan fingerprint density at radius 1 is 1.15 bits per heavy atom. The molecule has 2 N–H and O–H groups in total. The van der Waals surface area contributed by atoms with E-state index in [4.69, 9.17) is 4.74 Å². The third-order valence-electron chi connectivity index (χ3n) is 5.20. The summed E-state index contributed by atoms with van der Waals surface area (Å²) < 4.78 is 7.19. The zero-order valence-corrected chi connectivity index (χ0v) is 16.6. The lowest BCUT2D eigenvalue weighted by molar-refractivity contribution is 0.0696. The lowest BCUT2D eigenvalue weighted by Gasteiger charge is -2.16. The number of rotatable bonds is 4. The largest absolute Gasteiger partial charge is 0.489 e. The van der Waals surface area contributed by atoms with Crippen LogP contribution in [-0.4, -0.2) is 30.3 Å². The number of ether oxygens (including phenoxy) is 1. The molecule has 1 fully saturated rings. The number of hydrogen-bond acceptors (Lipinski definition) is 3. The first kappa shape index (κ1) is 18.3. The van der Waals surface area contributed by atoms with Gasteiger partial charge in [0, 0.05) is 11.0 Å². The topological polar surface area (TPSA) is 58.6 Å². The first-order chi connectivity index (χ1) is 13.1. The normalized spacial score (nSPS) is 19.5. The van der Waals surface area contributed by atoms with E-state index in [1.54, 1.807) is 6.07 Å². The molecule has 140 valence electrons. The van der Waals surface area contributed by atoms with Crippen LogP contribution in [0.3, 0.4) is 0 Å². The average molecular weight is 428 g/mol. The van der Waals surface area contributed by atoms with Crippen LogP contribution in [0.2, 0.25) is 0 Å². The first-order valence-corrected chi connectivity index (χ1v) is 10.1. The minimum Gasteiger partial charge on any atom is -0.489 e. The second kappa shape index (κ2) is 7.87. The predicted octanol–water partition coefficient (Wildman–Crippen LogP) is 4.62. The number of halogens is 1. The number of nitrogens with one attached hydrogen (secondary N) is 1. The predicted molar refractivity (Wildman–Crippen MR) is 110 cm³/mol. The molecule has 0 saturated carbocycles. The van der Waals surface area contributed by atoms with E-state index in [2.05, 4.69) is 33.4 Å². The Balaban J connectivity index is 1.66. The van der Waals surface area contributed by atoms with Crippen LogP contribution in [0.1, 0.15) is 46.3 Å². The fourth-order valence-electron chi connectivity index (χ4n) is 3.82. The summed E-state index contributed by atoms with van der Waals surface area (Å²) in [6, 6.07) is 13.7. The lowest BCUT2D eigenvalue weighted by atomic mass is 9.92. The number of hydrogen-bond donors (Lipinski definition) is 2. The summed E-state index contributed by atoms with van der Waals surface area (Å²) in [6.45, 7) is 1.91. The minimum absolute atomic E-state index is 0.245. The van der Waals surface area contributed by atoms with E-state index in [1.165, 1.54) is 0 Å². The van der Waals surface area contributed by atoms with Crippen LogP contribution in [0.4, 0.5) is 0 Å². The molecule has 1 heterocycles. The summed E-state index contributed by atoms with van der Waals surface area (Å²) in [5, 5.41) is 12.6. The molecule has 2 aromatic rings. The van der Waals surface area contributed by atoms with Gasteiger partial charge < -0.3 is 15.2 Å². The Morgan fingerprint density at radius 3 is 2.67 bits per heavy atom. The van der Waals surface area contributed by atoms with E-state index in [1.807, 2.05) is 24.3 Å². The molecule has 0 unspecified atom stereocenters. The molecule has 0 amide bonds. The van der Waals surface area contributed by atoms with Gasteiger partial charge in [0.15, 0.2) is 0 Å². The van der Waals surface area contributed by atoms with Gasteiger partial charge >= 0.3 is 5.97 Å². The van der Waals surface area contributed by atoms with E-state index in [9.17, 15) is 9.90 Å². The van der Waals surface area contributed by atoms with Gasteiger partial charge in [-0.2, -0.15) is 0 Å². The van der Waals surface area contributed by atoms with Crippen molar-refractivity contribution in [3.8, 4) is 5.75 Å². The van der Waals surface area contributed by atoms with Gasteiger partial charge in [-0.1, -0.05) is 34.1 Å². The number of benzene rings is 2. The number of carbonyl (C=O) groups is 1. The third kappa shape index (κ3) is 3.94. The molecule has 1 atom stereocenters. The summed E-state index contributed by atoms with van der Waals surface area (Å²) in [7, 11) is 0. The van der Waals surface area contributed by atoms with Crippen LogP contribution in [0, 0.1) is 0 Å². The van der Waals surface area contributed by atoms with Gasteiger partial charge in [-0.3, -0.25) is 0 Å². The highest BCUT2D eigenvalue weighted by Crippen LogP contribution is 2.38. The highest BCUT2D eigenvalue weighted by atomic mass is 79.9. The van der Waals surface area contributed by atoms with Crippen LogP contribution in [0.5, 0.6) is 5.75 Å². The number of aromatic carboxylic acids is 1. The summed E-state index contributed by atoms with van der Waals surface area (Å²) in [5.41, 5.74) is 4.81. The molecule has 0 radical (unpaired) electrons. The lowest BCUT2D eigenvalue weighted by Crippen LogP contribution is -2.19. The smallest absolute Gasteiger partial charge is 0.335 e. The average Bonchev–Trinajstić information content (AvgIpc) is 3.11. The molecule has 2 aromatic carbocycles. The summed E-state index contributed by atoms with van der Waals surface area (Å²) in [4.78, 5) is 11.3. The van der Waals surface area contributed by atoms with Crippen molar-refractivity contribution in [2.45, 2.75) is 31.8 Å². The maximum absolute atomic E-state index is 11.3. The maximum atomic E-state index is 11.3. The molecule has 4 rings (SSSR count). The molecule has 5 heteroatoms. The minimum atomic E-state index is -0.880. The Kier molecular flexibility index (Phi) is 5.32. The van der Waals surface area contributed by atoms with Crippen LogP contribution in [0.25, 0.3) is 5.57 Å². The number of fused-ring (bicyclic) bond motifs is 1. The van der Waals surface area contributed by atoms with E-state index in [0.717, 1.165) is 71.3 Å². The van der Waals surface area contributed by atoms with Crippen LogP contribution in [0.15, 0.2) is 46.9 Å². The van der Waals surface area contributed by atoms with Crippen molar-refractivity contribution in [2.24, 2.45) is 0 Å². The molecule has 1 aliphatic carbocycles. The SMILES string of the molecule is O=C(O)c1ccc2c(c1)CCCC(Br)=C2c1ccc(O[C@H]2CCNC2)cc1. The molecule has 0 aromatic heterocycles. The van der Waals surface area contributed by atoms with Crippen LogP contribution in [-0.2, 0) is 6.42 Å². The van der Waals surface area contributed by atoms with Gasteiger partial charge in [0.05, 0.1) is 5.56 Å². The number of carboxylic acid groups (broad SMARTS) is 1. The second-order valence-corrected chi connectivity index (χ2v) is 8.02. The maximum Gasteiger partial charge on any atom is 0.335 e. The monoisotopic (exact) mass is 427 g/mol. The highest BCUT2D eigenvalue weighted by Gasteiger charge is 2.20. The van der Waals surface area contributed by atoms with Gasteiger partial charge in [-0.05, 0) is 78.8 Å². The number of aryl methyl sites for hydroxylation is 1. The Bertz CT molecular complexity index is 883. The van der Waals surface area contributed by atoms with E-state index in [0.29, 0.717) is 5.56 Å². The summed E-state index contributed by atoms with van der Waals surface area (Å²) in [6.07, 6.45) is 4.10. The fourth-order valence-corrected chi connectivity index (χ4v) is 4.54. The number of allylic oxidation sites excluding steroid dienone is 1. The van der Waals surface area contributed by atoms with Crippen LogP contribution < -0.4 is 10.1 Å². The molecule has 1 saturated heterocycles. The van der Waals surface area contributed by atoms with Crippen molar-refractivity contribution in [3.05, 3.63) is 69.2 Å². The van der Waals surface area contributed by atoms with Crippen molar-refractivity contribution in [3.63, 3.8) is 0 Å². The van der Waals surface area contributed by atoms with Crippen molar-refractivity contribution >= 4 is 27.5 Å². The summed E-state index contributed by atoms with van der Waals surface area (Å²) in [5.74, 6) is 0.00814. The standard InChI is InChI=1S/C22H22BrNO3/c23-20-3-1-2-15-12-16(22(25)26)6-9-19(15)21(20)14-4-7-17(8-5-14)27-18-10-11-24-13-18/h4-9,12,18,24H,1-3,10-11,13H2,(H,25,26)/t18-/m0/s1. The molecule has 2 aliphatic rings. The Morgan fingerprint density at radius 2 is 1.96 bits per heavy atom. The highest BCUT2D eigenvalue weighted by molar-refractivity contribution is 9.11. The van der Waals surface area contributed by atoms with Gasteiger partial charge in [-0.15, -0.1) is 0 Å². The quantitative estimate of drug-likeness (QED) is 0.747. The Hall–Kier alpha value is -2.11. The van der Waals surface area contributed by atoms with Crippen molar-refractivity contribution in [2.75, 3.05) is 13.1 Å². The van der Waals surface area contributed by atoms with E-state index in [-0.39, 0.29) is 6.10 Å². The van der Waals surface area contributed by atoms with Crippen molar-refractivity contribution in [1.29, 1.82) is 0 Å². The van der Waals surface area contributed by atoms with Crippen molar-refractivity contribution in [1.82, 2.24) is 5.32 Å². The molecule has 27 heavy (non-hydrogen) atoms. The fraction of sp³-hybridized carbons (Fsp3) is 0.318. The van der Waals surface area contributed by atoms with Gasteiger partial charge in [0.25, 0.3) is 0 Å². The van der Waals surface area contributed by atoms with E-state index < -0.39 is 5.97 Å². The zero-order chi connectivity index (χ0) is 18.8. The molecule has 0 spiro atoms. The van der Waals surface area contributed by atoms with Crippen LogP contribution >= 0.6 is 15.9 Å².